The van der Waals surface area contributed by atoms with Gasteiger partial charge in [0.25, 0.3) is 0 Å². The van der Waals surface area contributed by atoms with Crippen LogP contribution in [0.4, 0.5) is 68.2 Å². The number of anilines is 12. The van der Waals surface area contributed by atoms with Crippen LogP contribution in [-0.4, -0.2) is 15.0 Å². The van der Waals surface area contributed by atoms with Crippen molar-refractivity contribution in [3.8, 4) is 0 Å². The van der Waals surface area contributed by atoms with Gasteiger partial charge in [0.05, 0.1) is 34.1 Å². The lowest BCUT2D eigenvalue weighted by Crippen LogP contribution is -2.45. The molecule has 0 atom stereocenters. The van der Waals surface area contributed by atoms with E-state index in [2.05, 4.69) is 0 Å². The van der Waals surface area contributed by atoms with Crippen LogP contribution in [0.3, 0.4) is 0 Å². The van der Waals surface area contributed by atoms with Gasteiger partial charge in [0.2, 0.25) is 16.7 Å². The third-order valence-corrected chi connectivity index (χ3v) is 21.1. The molecule has 0 aliphatic carbocycles. The first-order valence-corrected chi connectivity index (χ1v) is 28.2. The highest BCUT2D eigenvalue weighted by Gasteiger charge is 2.58. The Hall–Kier alpha value is -8.52. The Balaban J connectivity index is 1.19. The van der Waals surface area contributed by atoms with E-state index in [-0.39, 0.29) is 16.7 Å². The monoisotopic (exact) mass is 993 g/mol. The second kappa shape index (κ2) is 17.1. The fraction of sp³-hybridized carbons (Fsp3) is 0. The SMILES string of the molecule is O=P1(c2nc(P3(=O)N(c4ccccc4)c4ccccc4N3c3ccccc3)nc(P3(=O)N(c4ccccc4)c4ccccc4N3c3ccccc3)n2)N(c2ccccc2)c2ccccc2N1c1ccccc1. The van der Waals surface area contributed by atoms with E-state index in [1.54, 1.807) is 28.0 Å². The second-order valence-corrected chi connectivity index (χ2v) is 24.1. The maximum Gasteiger partial charge on any atom is 0.338 e. The van der Waals surface area contributed by atoms with E-state index in [0.717, 1.165) is 0 Å². The zero-order valence-electron chi connectivity index (χ0n) is 38.3. The normalized spacial score (nSPS) is 15.8. The van der Waals surface area contributed by atoms with Crippen molar-refractivity contribution in [2.45, 2.75) is 0 Å². The van der Waals surface area contributed by atoms with E-state index in [4.69, 9.17) is 15.0 Å². The van der Waals surface area contributed by atoms with Crippen LogP contribution in [0.25, 0.3) is 0 Å². The molecule has 72 heavy (non-hydrogen) atoms. The summed E-state index contributed by atoms with van der Waals surface area (Å²) >= 11 is 0. The van der Waals surface area contributed by atoms with Gasteiger partial charge in [0.15, 0.2) is 0 Å². The number of aromatic nitrogens is 3. The smallest absolute Gasteiger partial charge is 0.267 e. The summed E-state index contributed by atoms with van der Waals surface area (Å²) in [6, 6.07) is 79.9. The summed E-state index contributed by atoms with van der Waals surface area (Å²) in [7, 11) is -13.5. The number of hydrogen-bond donors (Lipinski definition) is 0. The van der Waals surface area contributed by atoms with Crippen molar-refractivity contribution in [3.05, 3.63) is 255 Å². The third-order valence-electron chi connectivity index (χ3n) is 13.0. The molecule has 0 amide bonds. The van der Waals surface area contributed by atoms with E-state index in [1.165, 1.54) is 0 Å². The van der Waals surface area contributed by atoms with Crippen LogP contribution < -0.4 is 44.7 Å². The van der Waals surface area contributed by atoms with E-state index < -0.39 is 22.3 Å². The van der Waals surface area contributed by atoms with Gasteiger partial charge in [-0.15, -0.1) is 0 Å². The first kappa shape index (κ1) is 43.5. The molecule has 0 fully saturated rings. The van der Waals surface area contributed by atoms with E-state index >= 15 is 13.7 Å². The standard InChI is InChI=1S/C57H42N9O3P3/c67-70(61(43-25-7-1-8-26-43)49-37-19-20-38-50(49)62(70)44-27-9-2-10-28-44)55-58-56(71(68)63(45-29-11-3-12-30-45)51-39-21-22-40-52(51)64(71)46-31-13-4-14-32-46)60-57(59-55)72(69)65(47-33-15-5-16-34-47)53-41-23-24-42-54(53)66(72)48-35-17-6-18-36-48/h1-42H. The maximum absolute atomic E-state index is 17.8. The molecule has 348 valence electrons. The van der Waals surface area contributed by atoms with E-state index in [1.807, 2.05) is 255 Å². The van der Waals surface area contributed by atoms with Crippen LogP contribution in [-0.2, 0) is 13.7 Å². The lowest BCUT2D eigenvalue weighted by Gasteiger charge is -2.35. The predicted octanol–water partition coefficient (Wildman–Crippen LogP) is 14.3. The van der Waals surface area contributed by atoms with Crippen LogP contribution in [0, 0.1) is 0 Å². The summed E-state index contributed by atoms with van der Waals surface area (Å²) in [4.78, 5) is 16.2. The summed E-state index contributed by atoms with van der Waals surface area (Å²) in [5.41, 5.74) is 6.75. The van der Waals surface area contributed by atoms with Crippen LogP contribution in [0.5, 0.6) is 0 Å². The topological polar surface area (TPSA) is 109 Å². The fourth-order valence-electron chi connectivity index (χ4n) is 10.1. The van der Waals surface area contributed by atoms with Crippen molar-refractivity contribution in [2.75, 3.05) is 28.0 Å². The fourth-order valence-corrected chi connectivity index (χ4v) is 18.7. The minimum atomic E-state index is -4.49. The van der Waals surface area contributed by atoms with Gasteiger partial charge in [-0.3, -0.25) is 41.7 Å². The van der Waals surface area contributed by atoms with Crippen LogP contribution in [0.1, 0.15) is 0 Å². The number of rotatable bonds is 9. The van der Waals surface area contributed by atoms with Gasteiger partial charge in [-0.05, 0) is 109 Å². The van der Waals surface area contributed by atoms with Crippen LogP contribution in [0.15, 0.2) is 255 Å². The van der Waals surface area contributed by atoms with Gasteiger partial charge >= 0.3 is 22.3 Å². The highest BCUT2D eigenvalue weighted by atomic mass is 31.2. The quantitative estimate of drug-likeness (QED) is 0.128. The Morgan fingerprint density at radius 2 is 0.347 bits per heavy atom. The molecule has 13 rings (SSSR count). The Labute approximate surface area is 416 Å². The number of fused-ring (bicyclic) bond motifs is 3. The molecule has 0 N–H and O–H groups in total. The van der Waals surface area contributed by atoms with Crippen molar-refractivity contribution in [3.63, 3.8) is 0 Å². The van der Waals surface area contributed by atoms with Gasteiger partial charge in [0, 0.05) is 34.1 Å². The lowest BCUT2D eigenvalue weighted by molar-refractivity contribution is 0.579. The largest absolute Gasteiger partial charge is 0.338 e. The number of nitrogens with zero attached hydrogens (tertiary/aromatic N) is 9. The van der Waals surface area contributed by atoms with Gasteiger partial charge in [-0.2, -0.15) is 15.0 Å². The molecule has 0 bridgehead atoms. The molecule has 12 nitrogen and oxygen atoms in total. The lowest BCUT2D eigenvalue weighted by atomic mass is 10.2. The Bertz CT molecular complexity index is 3190. The molecule has 1 aromatic heterocycles. The van der Waals surface area contributed by atoms with Crippen molar-refractivity contribution >= 4 is 107 Å². The zero-order chi connectivity index (χ0) is 48.4. The molecule has 15 heteroatoms. The third kappa shape index (κ3) is 6.47. The summed E-state index contributed by atoms with van der Waals surface area (Å²) in [6.07, 6.45) is 0. The highest BCUT2D eigenvalue weighted by Crippen LogP contribution is 2.73. The molecule has 0 saturated carbocycles. The zero-order valence-corrected chi connectivity index (χ0v) is 41.0. The van der Waals surface area contributed by atoms with Gasteiger partial charge < -0.3 is 0 Å². The van der Waals surface area contributed by atoms with Crippen LogP contribution >= 0.6 is 22.3 Å². The molecule has 0 spiro atoms. The van der Waals surface area contributed by atoms with Crippen molar-refractivity contribution in [1.29, 1.82) is 0 Å². The first-order chi connectivity index (χ1) is 35.4. The number of para-hydroxylation sites is 12. The number of benzene rings is 9. The Kier molecular flexibility index (Phi) is 10.3. The van der Waals surface area contributed by atoms with Gasteiger partial charge in [-0.25, -0.2) is 0 Å². The van der Waals surface area contributed by atoms with Gasteiger partial charge in [-0.1, -0.05) is 146 Å². The minimum absolute atomic E-state index is 0.217. The Morgan fingerprint density at radius 1 is 0.208 bits per heavy atom. The van der Waals surface area contributed by atoms with E-state index in [0.29, 0.717) is 68.2 Å². The highest BCUT2D eigenvalue weighted by molar-refractivity contribution is 7.78. The summed E-state index contributed by atoms with van der Waals surface area (Å²) in [5, 5.41) is 0. The minimum Gasteiger partial charge on any atom is -0.267 e. The molecule has 4 heterocycles. The summed E-state index contributed by atoms with van der Waals surface area (Å²) < 4.78 is 64.1. The summed E-state index contributed by atoms with van der Waals surface area (Å²) in [6.45, 7) is 0. The van der Waals surface area contributed by atoms with Crippen molar-refractivity contribution in [1.82, 2.24) is 15.0 Å². The van der Waals surface area contributed by atoms with Crippen molar-refractivity contribution in [2.24, 2.45) is 0 Å². The molecule has 10 aromatic rings. The molecular weight excluding hydrogens is 952 g/mol. The number of hydrogen-bond acceptors (Lipinski definition) is 6. The molecule has 0 unspecified atom stereocenters. The molecule has 0 radical (unpaired) electrons. The summed E-state index contributed by atoms with van der Waals surface area (Å²) in [5.74, 6) is 0. The average Bonchev–Trinajstić information content (AvgIpc) is 4.00. The average molecular weight is 994 g/mol. The van der Waals surface area contributed by atoms with Crippen LogP contribution in [0.2, 0.25) is 0 Å². The first-order valence-electron chi connectivity index (χ1n) is 23.4. The second-order valence-electron chi connectivity index (χ2n) is 17.2. The predicted molar refractivity (Wildman–Crippen MR) is 292 cm³/mol. The van der Waals surface area contributed by atoms with Crippen molar-refractivity contribution < 1.29 is 13.7 Å². The maximum atomic E-state index is 17.8. The molecule has 3 aliphatic heterocycles. The van der Waals surface area contributed by atoms with Gasteiger partial charge in [0.1, 0.15) is 0 Å². The Morgan fingerprint density at radius 3 is 0.500 bits per heavy atom. The molecule has 9 aromatic carbocycles. The molecule has 0 saturated heterocycles. The molecular formula is C57H42N9O3P3. The molecule has 3 aliphatic rings. The van der Waals surface area contributed by atoms with E-state index in [9.17, 15) is 0 Å².